The Morgan fingerprint density at radius 3 is 2.20 bits per heavy atom. The Bertz CT molecular complexity index is 783. The number of pyridine rings is 1. The van der Waals surface area contributed by atoms with Crippen LogP contribution in [0.4, 0.5) is 0 Å². The summed E-state index contributed by atoms with van der Waals surface area (Å²) >= 11 is 0. The molecule has 0 fully saturated rings. The van der Waals surface area contributed by atoms with Crippen molar-refractivity contribution in [3.05, 3.63) is 52.2 Å². The zero-order chi connectivity index (χ0) is 22.1. The van der Waals surface area contributed by atoms with Crippen molar-refractivity contribution < 1.29 is 9.84 Å². The molecule has 0 aliphatic rings. The van der Waals surface area contributed by atoms with Gasteiger partial charge < -0.3 is 9.84 Å². The van der Waals surface area contributed by atoms with Gasteiger partial charge in [-0.2, -0.15) is 0 Å². The van der Waals surface area contributed by atoms with Crippen molar-refractivity contribution in [3.63, 3.8) is 0 Å². The first-order valence-corrected chi connectivity index (χ1v) is 11.7. The molecular weight excluding hydrogens is 370 g/mol. The summed E-state index contributed by atoms with van der Waals surface area (Å²) < 4.78 is 5.50. The van der Waals surface area contributed by atoms with Crippen molar-refractivity contribution >= 4 is 0 Å². The molecule has 2 aromatic rings. The maximum Gasteiger partial charge on any atom is 0.0713 e. The Balaban J connectivity index is 2.43. The molecule has 166 valence electrons. The van der Waals surface area contributed by atoms with Crippen molar-refractivity contribution in [2.24, 2.45) is 0 Å². The highest BCUT2D eigenvalue weighted by Crippen LogP contribution is 2.31. The van der Waals surface area contributed by atoms with E-state index in [1.807, 2.05) is 20.8 Å². The molecule has 1 N–H and O–H groups in total. The zero-order valence-corrected chi connectivity index (χ0v) is 20.0. The highest BCUT2D eigenvalue weighted by Gasteiger charge is 2.18. The molecule has 0 unspecified atom stereocenters. The second-order valence-corrected chi connectivity index (χ2v) is 8.86. The molecule has 0 aliphatic carbocycles. The normalized spacial score (nSPS) is 11.8. The smallest absolute Gasteiger partial charge is 0.0713 e. The van der Waals surface area contributed by atoms with E-state index < -0.39 is 5.60 Å². The number of aryl methyl sites for hydroxylation is 4. The number of ether oxygens (including phenoxy) is 1. The lowest BCUT2D eigenvalue weighted by molar-refractivity contribution is 0.0713. The van der Waals surface area contributed by atoms with Gasteiger partial charge >= 0.3 is 0 Å². The number of nitrogens with zero attached hydrogens (tertiary/aromatic N) is 1. The summed E-state index contributed by atoms with van der Waals surface area (Å²) in [6.45, 7) is 14.0. The minimum absolute atomic E-state index is 0.667. The van der Waals surface area contributed by atoms with E-state index >= 15 is 0 Å². The molecule has 0 amide bonds. The van der Waals surface area contributed by atoms with E-state index in [2.05, 4.69) is 45.0 Å². The molecule has 0 radical (unpaired) electrons. The fourth-order valence-corrected chi connectivity index (χ4v) is 4.12. The average Bonchev–Trinajstić information content (AvgIpc) is 2.71. The van der Waals surface area contributed by atoms with Crippen LogP contribution in [0.3, 0.4) is 0 Å². The van der Waals surface area contributed by atoms with Crippen LogP contribution in [0, 0.1) is 6.92 Å². The number of hydrogen-bond donors (Lipinski definition) is 1. The minimum atomic E-state index is -0.667. The van der Waals surface area contributed by atoms with Crippen LogP contribution in [-0.2, 0) is 30.4 Å². The van der Waals surface area contributed by atoms with Gasteiger partial charge in [-0.1, -0.05) is 32.0 Å². The molecule has 2 rings (SSSR count). The predicted octanol–water partition coefficient (Wildman–Crippen LogP) is 6.24. The van der Waals surface area contributed by atoms with Crippen LogP contribution < -0.4 is 0 Å². The molecular formula is C27H41NO2. The summed E-state index contributed by atoms with van der Waals surface area (Å²) in [7, 11) is 0. The number of aliphatic hydroxyl groups is 1. The largest absolute Gasteiger partial charge is 0.390 e. The molecule has 0 spiro atoms. The van der Waals surface area contributed by atoms with Gasteiger partial charge in [0.15, 0.2) is 0 Å². The molecule has 0 saturated heterocycles. The molecule has 0 bridgehead atoms. The molecule has 0 aliphatic heterocycles. The Morgan fingerprint density at radius 1 is 0.967 bits per heavy atom. The molecule has 3 heteroatoms. The summed E-state index contributed by atoms with van der Waals surface area (Å²) in [5.74, 6) is 0. The van der Waals surface area contributed by atoms with E-state index in [-0.39, 0.29) is 0 Å². The lowest BCUT2D eigenvalue weighted by Gasteiger charge is -2.21. The zero-order valence-electron chi connectivity index (χ0n) is 20.0. The van der Waals surface area contributed by atoms with Gasteiger partial charge in [-0.15, -0.1) is 0 Å². The van der Waals surface area contributed by atoms with Crippen LogP contribution in [-0.4, -0.2) is 28.9 Å². The van der Waals surface area contributed by atoms with Gasteiger partial charge in [-0.25, -0.2) is 0 Å². The summed E-state index contributed by atoms with van der Waals surface area (Å²) in [6.07, 6.45) is 6.81. The third-order valence-electron chi connectivity index (χ3n) is 5.85. The summed E-state index contributed by atoms with van der Waals surface area (Å²) in [6, 6.07) is 8.91. The van der Waals surface area contributed by atoms with Crippen molar-refractivity contribution in [1.82, 2.24) is 4.98 Å². The second-order valence-electron chi connectivity index (χ2n) is 8.86. The Morgan fingerprint density at radius 2 is 1.63 bits per heavy atom. The minimum Gasteiger partial charge on any atom is -0.390 e. The van der Waals surface area contributed by atoms with E-state index in [0.717, 1.165) is 69.5 Å². The maximum atomic E-state index is 10.3. The molecule has 1 heterocycles. The molecule has 1 aromatic heterocycles. The van der Waals surface area contributed by atoms with Gasteiger partial charge in [0, 0.05) is 24.5 Å². The van der Waals surface area contributed by atoms with E-state index in [1.165, 1.54) is 27.8 Å². The Labute approximate surface area is 183 Å². The predicted molar refractivity (Wildman–Crippen MR) is 127 cm³/mol. The number of aromatic nitrogens is 1. The standard InChI is InChI=1S/C27H41NO2/c1-7-21-13-12-14-22(8-2)26(21)25-19-23(16-17-27(5,6)29)24(20(4)28-25)15-10-11-18-30-9-3/h12-14,19,29H,7-11,15-18H2,1-6H3. The Hall–Kier alpha value is -1.71. The van der Waals surface area contributed by atoms with E-state index in [4.69, 9.17) is 9.72 Å². The van der Waals surface area contributed by atoms with Gasteiger partial charge in [0.25, 0.3) is 0 Å². The first kappa shape index (κ1) is 24.6. The van der Waals surface area contributed by atoms with Crippen LogP contribution >= 0.6 is 0 Å². The fraction of sp³-hybridized carbons (Fsp3) is 0.593. The van der Waals surface area contributed by atoms with Crippen molar-refractivity contribution in [2.75, 3.05) is 13.2 Å². The summed E-state index contributed by atoms with van der Waals surface area (Å²) in [5.41, 5.74) is 8.26. The van der Waals surface area contributed by atoms with E-state index in [9.17, 15) is 5.11 Å². The van der Waals surface area contributed by atoms with Crippen LogP contribution in [0.25, 0.3) is 11.3 Å². The molecule has 0 atom stereocenters. The van der Waals surface area contributed by atoms with Crippen LogP contribution in [0.15, 0.2) is 24.3 Å². The monoisotopic (exact) mass is 411 g/mol. The van der Waals surface area contributed by atoms with Crippen LogP contribution in [0.5, 0.6) is 0 Å². The van der Waals surface area contributed by atoms with Crippen molar-refractivity contribution in [2.45, 2.75) is 92.1 Å². The first-order chi connectivity index (χ1) is 14.3. The lowest BCUT2D eigenvalue weighted by atomic mass is 9.89. The molecule has 3 nitrogen and oxygen atoms in total. The van der Waals surface area contributed by atoms with Crippen LogP contribution in [0.1, 0.15) is 81.8 Å². The molecule has 1 aromatic carbocycles. The van der Waals surface area contributed by atoms with Crippen molar-refractivity contribution in [3.8, 4) is 11.3 Å². The number of hydrogen-bond acceptors (Lipinski definition) is 3. The fourth-order valence-electron chi connectivity index (χ4n) is 4.12. The summed E-state index contributed by atoms with van der Waals surface area (Å²) in [4.78, 5) is 5.09. The van der Waals surface area contributed by atoms with Crippen LogP contribution in [0.2, 0.25) is 0 Å². The topological polar surface area (TPSA) is 42.4 Å². The number of unbranched alkanes of at least 4 members (excludes halogenated alkanes) is 1. The van der Waals surface area contributed by atoms with Gasteiger partial charge in [0.2, 0.25) is 0 Å². The SMILES string of the molecule is CCOCCCCc1c(CCC(C)(C)O)cc(-c2c(CC)cccc2CC)nc1C. The third kappa shape index (κ3) is 6.92. The molecule has 30 heavy (non-hydrogen) atoms. The third-order valence-corrected chi connectivity index (χ3v) is 5.85. The van der Waals surface area contributed by atoms with Gasteiger partial charge in [0.05, 0.1) is 11.3 Å². The average molecular weight is 412 g/mol. The van der Waals surface area contributed by atoms with Gasteiger partial charge in [0.1, 0.15) is 0 Å². The number of rotatable bonds is 12. The van der Waals surface area contributed by atoms with Gasteiger partial charge in [-0.05, 0) is 101 Å². The van der Waals surface area contributed by atoms with Gasteiger partial charge in [-0.3, -0.25) is 4.98 Å². The highest BCUT2D eigenvalue weighted by molar-refractivity contribution is 5.69. The number of benzene rings is 1. The van der Waals surface area contributed by atoms with E-state index in [1.54, 1.807) is 0 Å². The lowest BCUT2D eigenvalue weighted by Crippen LogP contribution is -2.20. The Kier molecular flexibility index (Phi) is 9.51. The van der Waals surface area contributed by atoms with Crippen molar-refractivity contribution in [1.29, 1.82) is 0 Å². The highest BCUT2D eigenvalue weighted by atomic mass is 16.5. The second kappa shape index (κ2) is 11.6. The first-order valence-electron chi connectivity index (χ1n) is 11.7. The van der Waals surface area contributed by atoms with E-state index in [0.29, 0.717) is 0 Å². The molecule has 0 saturated carbocycles. The maximum absolute atomic E-state index is 10.3. The quantitative estimate of drug-likeness (QED) is 0.420. The summed E-state index contributed by atoms with van der Waals surface area (Å²) in [5, 5.41) is 10.3.